The van der Waals surface area contributed by atoms with Gasteiger partial charge in [-0.15, -0.1) is 0 Å². The van der Waals surface area contributed by atoms with Gasteiger partial charge in [0.05, 0.1) is 0 Å². The fourth-order valence-corrected chi connectivity index (χ4v) is 1.79. The highest BCUT2D eigenvalue weighted by molar-refractivity contribution is 6.04. The summed E-state index contributed by atoms with van der Waals surface area (Å²) in [7, 11) is 0. The van der Waals surface area contributed by atoms with Crippen LogP contribution in [0.4, 0.5) is 5.88 Å². The molecule has 0 aliphatic rings. The quantitative estimate of drug-likeness (QED) is 0.581. The van der Waals surface area contributed by atoms with Gasteiger partial charge in [0.2, 0.25) is 0 Å². The smallest absolute Gasteiger partial charge is 0.191 e. The number of benzene rings is 2. The molecule has 68 valence electrons. The summed E-state index contributed by atoms with van der Waals surface area (Å²) in [6.07, 6.45) is 0. The Hall–Kier alpha value is -1.96. The highest BCUT2D eigenvalue weighted by Crippen LogP contribution is 2.28. The first-order chi connectivity index (χ1) is 6.84. The van der Waals surface area contributed by atoms with Crippen molar-refractivity contribution in [3.8, 4) is 0 Å². The summed E-state index contributed by atoms with van der Waals surface area (Å²) in [5.41, 5.74) is 6.49. The van der Waals surface area contributed by atoms with Crippen LogP contribution in [0.25, 0.3) is 21.7 Å². The second kappa shape index (κ2) is 2.51. The first-order valence-electron chi connectivity index (χ1n) is 4.51. The third kappa shape index (κ3) is 0.909. The highest BCUT2D eigenvalue weighted by Gasteiger charge is 2.04. The minimum absolute atomic E-state index is 0.469. The maximum absolute atomic E-state index is 5.61. The van der Waals surface area contributed by atoms with Crippen molar-refractivity contribution in [2.24, 2.45) is 0 Å². The third-order valence-corrected chi connectivity index (χ3v) is 2.43. The molecule has 0 fully saturated rings. The largest absolute Gasteiger partial charge is 0.440 e. The standard InChI is InChI=1S/C12H9NO/c13-11-7-9-6-5-8-3-1-2-4-10(8)12(9)14-11/h1-7H,13H2. The van der Waals surface area contributed by atoms with Crippen molar-refractivity contribution in [1.82, 2.24) is 0 Å². The van der Waals surface area contributed by atoms with E-state index < -0.39 is 0 Å². The van der Waals surface area contributed by atoms with Gasteiger partial charge in [0.15, 0.2) is 5.88 Å². The van der Waals surface area contributed by atoms with Gasteiger partial charge in [-0.05, 0) is 5.39 Å². The molecule has 0 atom stereocenters. The Kier molecular flexibility index (Phi) is 1.34. The maximum Gasteiger partial charge on any atom is 0.191 e. The van der Waals surface area contributed by atoms with Gasteiger partial charge in [-0.25, -0.2) is 0 Å². The molecule has 0 unspecified atom stereocenters. The minimum atomic E-state index is 0.469. The van der Waals surface area contributed by atoms with E-state index >= 15 is 0 Å². The predicted molar refractivity (Wildman–Crippen MR) is 58.1 cm³/mol. The topological polar surface area (TPSA) is 39.2 Å². The van der Waals surface area contributed by atoms with Gasteiger partial charge in [-0.3, -0.25) is 0 Å². The summed E-state index contributed by atoms with van der Waals surface area (Å²) in [5, 5.41) is 3.34. The van der Waals surface area contributed by atoms with E-state index in [2.05, 4.69) is 12.1 Å². The zero-order valence-electron chi connectivity index (χ0n) is 7.53. The molecule has 0 aliphatic carbocycles. The van der Waals surface area contributed by atoms with E-state index in [1.54, 1.807) is 0 Å². The van der Waals surface area contributed by atoms with Crippen LogP contribution in [0.15, 0.2) is 46.9 Å². The Morgan fingerprint density at radius 1 is 0.929 bits per heavy atom. The van der Waals surface area contributed by atoms with E-state index in [1.165, 1.54) is 5.39 Å². The Morgan fingerprint density at radius 2 is 1.71 bits per heavy atom. The van der Waals surface area contributed by atoms with Crippen LogP contribution < -0.4 is 5.73 Å². The number of anilines is 1. The van der Waals surface area contributed by atoms with Gasteiger partial charge in [0.25, 0.3) is 0 Å². The molecule has 0 saturated carbocycles. The summed E-state index contributed by atoms with van der Waals surface area (Å²) in [4.78, 5) is 0. The maximum atomic E-state index is 5.61. The molecular formula is C12H9NO. The van der Waals surface area contributed by atoms with Crippen LogP contribution >= 0.6 is 0 Å². The number of nitrogen functional groups attached to an aromatic ring is 1. The zero-order chi connectivity index (χ0) is 9.54. The van der Waals surface area contributed by atoms with E-state index in [9.17, 15) is 0 Å². The Labute approximate surface area is 80.9 Å². The predicted octanol–water partition coefficient (Wildman–Crippen LogP) is 3.17. The average Bonchev–Trinajstić information content (AvgIpc) is 2.59. The minimum Gasteiger partial charge on any atom is -0.440 e. The van der Waals surface area contributed by atoms with Crippen LogP contribution in [-0.4, -0.2) is 0 Å². The van der Waals surface area contributed by atoms with Gasteiger partial charge in [-0.2, -0.15) is 0 Å². The summed E-state index contributed by atoms with van der Waals surface area (Å²) in [5.74, 6) is 0.469. The van der Waals surface area contributed by atoms with Crippen LogP contribution in [-0.2, 0) is 0 Å². The zero-order valence-corrected chi connectivity index (χ0v) is 7.53. The number of fused-ring (bicyclic) bond motifs is 3. The molecule has 14 heavy (non-hydrogen) atoms. The molecule has 3 rings (SSSR count). The first-order valence-corrected chi connectivity index (χ1v) is 4.51. The molecule has 1 aromatic heterocycles. The van der Waals surface area contributed by atoms with Crippen LogP contribution in [0, 0.1) is 0 Å². The summed E-state index contributed by atoms with van der Waals surface area (Å²) in [6.45, 7) is 0. The lowest BCUT2D eigenvalue weighted by Crippen LogP contribution is -1.75. The first kappa shape index (κ1) is 7.44. The lowest BCUT2D eigenvalue weighted by molar-refractivity contribution is 0.641. The molecule has 3 aromatic rings. The molecule has 0 radical (unpaired) electrons. The molecule has 0 bridgehead atoms. The number of furan rings is 1. The SMILES string of the molecule is Nc1cc2ccc3ccccc3c2o1. The molecule has 0 saturated heterocycles. The van der Waals surface area contributed by atoms with Gasteiger partial charge in [-0.1, -0.05) is 36.4 Å². The van der Waals surface area contributed by atoms with Crippen molar-refractivity contribution in [3.63, 3.8) is 0 Å². The van der Waals surface area contributed by atoms with Crippen molar-refractivity contribution in [3.05, 3.63) is 42.5 Å². The van der Waals surface area contributed by atoms with Crippen molar-refractivity contribution in [2.45, 2.75) is 0 Å². The molecule has 2 nitrogen and oxygen atoms in total. The molecule has 0 amide bonds. The van der Waals surface area contributed by atoms with E-state index in [0.717, 1.165) is 16.4 Å². The summed E-state index contributed by atoms with van der Waals surface area (Å²) in [6, 6.07) is 14.1. The lowest BCUT2D eigenvalue weighted by atomic mass is 10.1. The van der Waals surface area contributed by atoms with E-state index in [-0.39, 0.29) is 0 Å². The molecule has 2 N–H and O–H groups in total. The molecule has 0 aliphatic heterocycles. The van der Waals surface area contributed by atoms with Crippen molar-refractivity contribution in [2.75, 3.05) is 5.73 Å². The second-order valence-electron chi connectivity index (χ2n) is 3.35. The molecule has 2 aromatic carbocycles. The fourth-order valence-electron chi connectivity index (χ4n) is 1.79. The van der Waals surface area contributed by atoms with Crippen molar-refractivity contribution in [1.29, 1.82) is 0 Å². The van der Waals surface area contributed by atoms with E-state index in [0.29, 0.717) is 5.88 Å². The van der Waals surface area contributed by atoms with Crippen LogP contribution in [0.1, 0.15) is 0 Å². The fraction of sp³-hybridized carbons (Fsp3) is 0. The van der Waals surface area contributed by atoms with Gasteiger partial charge < -0.3 is 10.2 Å². The molecule has 1 heterocycles. The number of hydrogen-bond acceptors (Lipinski definition) is 2. The van der Waals surface area contributed by atoms with Crippen molar-refractivity contribution >= 4 is 27.6 Å². The molecular weight excluding hydrogens is 174 g/mol. The summed E-state index contributed by atoms with van der Waals surface area (Å²) >= 11 is 0. The number of rotatable bonds is 0. The van der Waals surface area contributed by atoms with E-state index in [1.807, 2.05) is 30.3 Å². The second-order valence-corrected chi connectivity index (χ2v) is 3.35. The van der Waals surface area contributed by atoms with Crippen molar-refractivity contribution < 1.29 is 4.42 Å². The lowest BCUT2D eigenvalue weighted by Gasteiger charge is -1.96. The van der Waals surface area contributed by atoms with Gasteiger partial charge in [0.1, 0.15) is 5.58 Å². The van der Waals surface area contributed by atoms with Crippen LogP contribution in [0.5, 0.6) is 0 Å². The molecule has 0 spiro atoms. The van der Waals surface area contributed by atoms with Crippen LogP contribution in [0.3, 0.4) is 0 Å². The molecule has 2 heteroatoms. The van der Waals surface area contributed by atoms with Crippen LogP contribution in [0.2, 0.25) is 0 Å². The van der Waals surface area contributed by atoms with Gasteiger partial charge in [0, 0.05) is 16.8 Å². The number of nitrogens with two attached hydrogens (primary N) is 1. The monoisotopic (exact) mass is 183 g/mol. The Balaban J connectivity index is 2.60. The number of hydrogen-bond donors (Lipinski definition) is 1. The summed E-state index contributed by atoms with van der Waals surface area (Å²) < 4.78 is 5.46. The Bertz CT molecular complexity index is 610. The average molecular weight is 183 g/mol. The van der Waals surface area contributed by atoms with Gasteiger partial charge >= 0.3 is 0 Å². The Morgan fingerprint density at radius 3 is 2.64 bits per heavy atom. The normalized spacial score (nSPS) is 11.1. The third-order valence-electron chi connectivity index (χ3n) is 2.43. The highest BCUT2D eigenvalue weighted by atomic mass is 16.3. The van der Waals surface area contributed by atoms with E-state index in [4.69, 9.17) is 10.2 Å².